The zero-order valence-electron chi connectivity index (χ0n) is 14.9. The Kier molecular flexibility index (Phi) is 6.44. The Morgan fingerprint density at radius 3 is 2.62 bits per heavy atom. The van der Waals surface area contributed by atoms with E-state index in [-0.39, 0.29) is 18.6 Å². The molecule has 1 amide bonds. The molecule has 0 aliphatic carbocycles. The predicted molar refractivity (Wildman–Crippen MR) is 97.2 cm³/mol. The third-order valence-corrected chi connectivity index (χ3v) is 4.53. The highest BCUT2D eigenvalue weighted by atomic mass is 16.5. The lowest BCUT2D eigenvalue weighted by atomic mass is 9.87. The van der Waals surface area contributed by atoms with Crippen molar-refractivity contribution in [1.82, 2.24) is 10.3 Å². The van der Waals surface area contributed by atoms with E-state index in [0.717, 1.165) is 37.4 Å². The Labute approximate surface area is 153 Å². The highest BCUT2D eigenvalue weighted by Gasteiger charge is 2.27. The number of ether oxygens (including phenoxy) is 3. The largest absolute Gasteiger partial charge is 0.497 e. The van der Waals surface area contributed by atoms with Crippen molar-refractivity contribution in [1.29, 1.82) is 0 Å². The molecule has 3 rings (SSSR count). The summed E-state index contributed by atoms with van der Waals surface area (Å²) in [4.78, 5) is 16.6. The van der Waals surface area contributed by atoms with Gasteiger partial charge in [0.2, 0.25) is 0 Å². The van der Waals surface area contributed by atoms with E-state index in [0.29, 0.717) is 11.7 Å². The summed E-state index contributed by atoms with van der Waals surface area (Å²) in [5.74, 6) is 1.56. The van der Waals surface area contributed by atoms with Crippen molar-refractivity contribution in [2.24, 2.45) is 5.92 Å². The van der Waals surface area contributed by atoms with Crippen LogP contribution in [0.5, 0.6) is 11.5 Å². The molecular weight excluding hydrogens is 332 g/mol. The monoisotopic (exact) mass is 356 g/mol. The molecule has 1 saturated heterocycles. The van der Waals surface area contributed by atoms with E-state index in [4.69, 9.17) is 14.2 Å². The molecule has 6 nitrogen and oxygen atoms in total. The van der Waals surface area contributed by atoms with Gasteiger partial charge in [-0.25, -0.2) is 0 Å². The summed E-state index contributed by atoms with van der Waals surface area (Å²) in [6.07, 6.45) is 5.38. The van der Waals surface area contributed by atoms with Crippen LogP contribution >= 0.6 is 0 Å². The van der Waals surface area contributed by atoms with Crippen LogP contribution < -0.4 is 14.8 Å². The standard InChI is InChI=1S/C20H24N2O4/c1-24-17-4-6-18(7-5-17)26-14-19(23)22-20(15-8-11-25-12-9-15)16-3-2-10-21-13-16/h2-7,10,13,15,20H,8-9,11-12,14H2,1H3,(H,22,23). The summed E-state index contributed by atoms with van der Waals surface area (Å²) in [5.41, 5.74) is 1.01. The zero-order valence-corrected chi connectivity index (χ0v) is 14.9. The SMILES string of the molecule is COc1ccc(OCC(=O)NC(c2cccnc2)C2CCOCC2)cc1. The molecule has 1 aromatic heterocycles. The first-order valence-electron chi connectivity index (χ1n) is 8.80. The van der Waals surface area contributed by atoms with Gasteiger partial charge in [0.05, 0.1) is 13.2 Å². The molecule has 2 aromatic rings. The maximum Gasteiger partial charge on any atom is 0.258 e. The molecule has 1 aliphatic rings. The fourth-order valence-electron chi connectivity index (χ4n) is 3.12. The fourth-order valence-corrected chi connectivity index (χ4v) is 3.12. The number of hydrogen-bond donors (Lipinski definition) is 1. The highest BCUT2D eigenvalue weighted by molar-refractivity contribution is 5.78. The highest BCUT2D eigenvalue weighted by Crippen LogP contribution is 2.29. The second-order valence-electron chi connectivity index (χ2n) is 6.25. The normalized spacial score (nSPS) is 15.9. The van der Waals surface area contributed by atoms with Crippen molar-refractivity contribution < 1.29 is 19.0 Å². The molecule has 1 unspecified atom stereocenters. The summed E-state index contributed by atoms with van der Waals surface area (Å²) < 4.78 is 16.1. The minimum Gasteiger partial charge on any atom is -0.497 e. The molecule has 0 spiro atoms. The average Bonchev–Trinajstić information content (AvgIpc) is 2.72. The van der Waals surface area contributed by atoms with Gasteiger partial charge in [0, 0.05) is 25.6 Å². The number of carbonyl (C=O) groups excluding carboxylic acids is 1. The molecule has 1 aromatic carbocycles. The molecule has 0 saturated carbocycles. The Balaban J connectivity index is 1.61. The number of amides is 1. The van der Waals surface area contributed by atoms with Gasteiger partial charge in [0.15, 0.2) is 6.61 Å². The third kappa shape index (κ3) is 4.95. The molecule has 2 heterocycles. The topological polar surface area (TPSA) is 69.7 Å². The van der Waals surface area contributed by atoms with E-state index < -0.39 is 0 Å². The third-order valence-electron chi connectivity index (χ3n) is 4.53. The lowest BCUT2D eigenvalue weighted by Crippen LogP contribution is -2.38. The van der Waals surface area contributed by atoms with Crippen LogP contribution in [-0.4, -0.2) is 37.8 Å². The van der Waals surface area contributed by atoms with Crippen LogP contribution in [0.1, 0.15) is 24.4 Å². The zero-order chi connectivity index (χ0) is 18.2. The van der Waals surface area contributed by atoms with Gasteiger partial charge >= 0.3 is 0 Å². The van der Waals surface area contributed by atoms with Crippen LogP contribution in [0.2, 0.25) is 0 Å². The van der Waals surface area contributed by atoms with Crippen LogP contribution in [0.4, 0.5) is 0 Å². The van der Waals surface area contributed by atoms with Gasteiger partial charge in [0.25, 0.3) is 5.91 Å². The Bertz CT molecular complexity index is 685. The van der Waals surface area contributed by atoms with Gasteiger partial charge in [-0.05, 0) is 54.7 Å². The Morgan fingerprint density at radius 1 is 1.23 bits per heavy atom. The number of carbonyl (C=O) groups is 1. The van der Waals surface area contributed by atoms with E-state index >= 15 is 0 Å². The average molecular weight is 356 g/mol. The summed E-state index contributed by atoms with van der Waals surface area (Å²) in [7, 11) is 1.61. The van der Waals surface area contributed by atoms with Crippen LogP contribution in [0.25, 0.3) is 0 Å². The van der Waals surface area contributed by atoms with E-state index in [2.05, 4.69) is 10.3 Å². The molecule has 1 aliphatic heterocycles. The van der Waals surface area contributed by atoms with Gasteiger partial charge in [-0.2, -0.15) is 0 Å². The first-order chi connectivity index (χ1) is 12.8. The smallest absolute Gasteiger partial charge is 0.258 e. The minimum atomic E-state index is -0.152. The van der Waals surface area contributed by atoms with Crippen LogP contribution in [0, 0.1) is 5.92 Å². The van der Waals surface area contributed by atoms with E-state index in [1.807, 2.05) is 18.3 Å². The van der Waals surface area contributed by atoms with Crippen molar-refractivity contribution in [2.75, 3.05) is 26.9 Å². The number of rotatable bonds is 7. The minimum absolute atomic E-state index is 0.0354. The van der Waals surface area contributed by atoms with E-state index in [1.165, 1.54) is 0 Å². The van der Waals surface area contributed by atoms with Gasteiger partial charge in [-0.3, -0.25) is 9.78 Å². The maximum atomic E-state index is 12.5. The lowest BCUT2D eigenvalue weighted by molar-refractivity contribution is -0.124. The molecular formula is C20H24N2O4. The first-order valence-corrected chi connectivity index (χ1v) is 8.80. The Hall–Kier alpha value is -2.60. The molecule has 0 radical (unpaired) electrons. The molecule has 26 heavy (non-hydrogen) atoms. The molecule has 138 valence electrons. The molecule has 1 atom stereocenters. The van der Waals surface area contributed by atoms with Gasteiger partial charge in [0.1, 0.15) is 11.5 Å². The fraction of sp³-hybridized carbons (Fsp3) is 0.400. The summed E-state index contributed by atoms with van der Waals surface area (Å²) in [6.45, 7) is 1.41. The van der Waals surface area contributed by atoms with Gasteiger partial charge in [-0.15, -0.1) is 0 Å². The van der Waals surface area contributed by atoms with Crippen LogP contribution in [0.3, 0.4) is 0 Å². The molecule has 6 heteroatoms. The van der Waals surface area contributed by atoms with Crippen molar-refractivity contribution in [3.8, 4) is 11.5 Å². The van der Waals surface area contributed by atoms with E-state index in [1.54, 1.807) is 37.6 Å². The summed E-state index contributed by atoms with van der Waals surface area (Å²) in [6, 6.07) is 11.0. The van der Waals surface area contributed by atoms with Gasteiger partial charge in [-0.1, -0.05) is 6.07 Å². The molecule has 1 fully saturated rings. The number of pyridine rings is 1. The van der Waals surface area contributed by atoms with Gasteiger partial charge < -0.3 is 19.5 Å². The number of aromatic nitrogens is 1. The Morgan fingerprint density at radius 2 is 1.96 bits per heavy atom. The lowest BCUT2D eigenvalue weighted by Gasteiger charge is -2.31. The summed E-state index contributed by atoms with van der Waals surface area (Å²) in [5, 5.41) is 3.11. The second kappa shape index (κ2) is 9.20. The summed E-state index contributed by atoms with van der Waals surface area (Å²) >= 11 is 0. The maximum absolute atomic E-state index is 12.5. The van der Waals surface area contributed by atoms with Crippen LogP contribution in [-0.2, 0) is 9.53 Å². The molecule has 0 bridgehead atoms. The molecule has 1 N–H and O–H groups in total. The van der Waals surface area contributed by atoms with Crippen molar-refractivity contribution in [3.05, 3.63) is 54.4 Å². The first kappa shape index (κ1) is 18.2. The number of hydrogen-bond acceptors (Lipinski definition) is 5. The van der Waals surface area contributed by atoms with Crippen molar-refractivity contribution >= 4 is 5.91 Å². The quantitative estimate of drug-likeness (QED) is 0.826. The second-order valence-corrected chi connectivity index (χ2v) is 6.25. The van der Waals surface area contributed by atoms with Crippen molar-refractivity contribution in [2.45, 2.75) is 18.9 Å². The van der Waals surface area contributed by atoms with Crippen LogP contribution in [0.15, 0.2) is 48.8 Å². The number of nitrogens with zero attached hydrogens (tertiary/aromatic N) is 1. The number of methoxy groups -OCH3 is 1. The van der Waals surface area contributed by atoms with Crippen molar-refractivity contribution in [3.63, 3.8) is 0 Å². The number of benzene rings is 1. The van der Waals surface area contributed by atoms with E-state index in [9.17, 15) is 4.79 Å². The number of nitrogens with one attached hydrogen (secondary N) is 1. The predicted octanol–water partition coefficient (Wildman–Crippen LogP) is 2.75.